The third-order valence-electron chi connectivity index (χ3n) is 5.95. The molecule has 1 unspecified atom stereocenters. The number of aryl methyl sites for hydroxylation is 3. The molecule has 1 fully saturated rings. The number of nitrogens with zero attached hydrogens (tertiary/aromatic N) is 2. The largest absolute Gasteiger partial charge is 0.378 e. The molecule has 1 heterocycles. The average Bonchev–Trinajstić information content (AvgIpc) is 3.25. The first-order valence-electron chi connectivity index (χ1n) is 10.9. The first-order valence-corrected chi connectivity index (χ1v) is 10.9. The number of benzene rings is 2. The van der Waals surface area contributed by atoms with Crippen molar-refractivity contribution in [2.24, 2.45) is 0 Å². The van der Waals surface area contributed by atoms with Crippen molar-refractivity contribution in [1.29, 1.82) is 0 Å². The van der Waals surface area contributed by atoms with Crippen molar-refractivity contribution in [2.45, 2.75) is 39.7 Å². The van der Waals surface area contributed by atoms with Gasteiger partial charge in [-0.2, -0.15) is 0 Å². The van der Waals surface area contributed by atoms with Gasteiger partial charge < -0.3 is 15.5 Å². The summed E-state index contributed by atoms with van der Waals surface area (Å²) in [5, 5.41) is 5.65. The topological polar surface area (TPSA) is 64.7 Å². The van der Waals surface area contributed by atoms with Crippen LogP contribution in [-0.4, -0.2) is 50.4 Å². The van der Waals surface area contributed by atoms with Gasteiger partial charge in [-0.1, -0.05) is 29.8 Å². The van der Waals surface area contributed by atoms with Crippen LogP contribution >= 0.6 is 0 Å². The van der Waals surface area contributed by atoms with Crippen LogP contribution in [0.15, 0.2) is 36.4 Å². The minimum atomic E-state index is -0.627. The van der Waals surface area contributed by atoms with Gasteiger partial charge in [0, 0.05) is 32.0 Å². The lowest BCUT2D eigenvalue weighted by atomic mass is 10.0. The molecule has 3 rings (SSSR count). The molecular formula is C25H34N4O2. The number of amides is 2. The molecular weight excluding hydrogens is 388 g/mol. The summed E-state index contributed by atoms with van der Waals surface area (Å²) in [4.78, 5) is 29.6. The van der Waals surface area contributed by atoms with Gasteiger partial charge in [0.1, 0.15) is 0 Å². The van der Waals surface area contributed by atoms with E-state index in [0.717, 1.165) is 53.9 Å². The fourth-order valence-corrected chi connectivity index (χ4v) is 4.32. The van der Waals surface area contributed by atoms with Crippen LogP contribution in [0, 0.1) is 20.8 Å². The van der Waals surface area contributed by atoms with Crippen molar-refractivity contribution in [3.8, 4) is 0 Å². The molecule has 0 saturated carbocycles. The van der Waals surface area contributed by atoms with Gasteiger partial charge in [-0.05, 0) is 75.5 Å². The zero-order valence-electron chi connectivity index (χ0n) is 19.3. The molecule has 0 aromatic heterocycles. The van der Waals surface area contributed by atoms with Gasteiger partial charge in [0.25, 0.3) is 0 Å². The molecule has 166 valence electrons. The highest BCUT2D eigenvalue weighted by Gasteiger charge is 2.25. The van der Waals surface area contributed by atoms with Gasteiger partial charge in [-0.15, -0.1) is 0 Å². The summed E-state index contributed by atoms with van der Waals surface area (Å²) in [7, 11) is 4.03. The molecule has 1 aliphatic heterocycles. The Kier molecular flexibility index (Phi) is 7.33. The molecule has 2 amide bonds. The summed E-state index contributed by atoms with van der Waals surface area (Å²) in [6.45, 7) is 8.30. The van der Waals surface area contributed by atoms with E-state index in [4.69, 9.17) is 0 Å². The molecule has 6 heteroatoms. The smallest absolute Gasteiger partial charge is 0.313 e. The van der Waals surface area contributed by atoms with E-state index in [0.29, 0.717) is 12.2 Å². The van der Waals surface area contributed by atoms with Crippen LogP contribution in [0.1, 0.15) is 41.1 Å². The summed E-state index contributed by atoms with van der Waals surface area (Å²) in [6.07, 6.45) is 2.32. The number of rotatable bonds is 6. The third kappa shape index (κ3) is 5.64. The molecule has 0 bridgehead atoms. The minimum Gasteiger partial charge on any atom is -0.378 e. The molecule has 0 radical (unpaired) electrons. The monoisotopic (exact) mass is 422 g/mol. The Morgan fingerprint density at radius 1 is 0.968 bits per heavy atom. The number of anilines is 2. The Labute approximate surface area is 185 Å². The molecule has 6 nitrogen and oxygen atoms in total. The molecule has 0 aliphatic carbocycles. The predicted molar refractivity (Wildman–Crippen MR) is 127 cm³/mol. The van der Waals surface area contributed by atoms with E-state index in [9.17, 15) is 9.59 Å². The number of nitrogens with one attached hydrogen (secondary N) is 2. The second-order valence-corrected chi connectivity index (χ2v) is 8.68. The number of hydrogen-bond donors (Lipinski definition) is 2. The van der Waals surface area contributed by atoms with Crippen molar-refractivity contribution in [3.05, 3.63) is 58.7 Å². The first-order chi connectivity index (χ1) is 14.8. The quantitative estimate of drug-likeness (QED) is 0.699. The van der Waals surface area contributed by atoms with Crippen molar-refractivity contribution in [2.75, 3.05) is 43.9 Å². The van der Waals surface area contributed by atoms with Gasteiger partial charge in [0.05, 0.1) is 6.04 Å². The van der Waals surface area contributed by atoms with E-state index in [2.05, 4.69) is 44.7 Å². The zero-order valence-corrected chi connectivity index (χ0v) is 19.3. The Morgan fingerprint density at radius 3 is 2.10 bits per heavy atom. The summed E-state index contributed by atoms with van der Waals surface area (Å²) < 4.78 is 0. The molecule has 1 atom stereocenters. The van der Waals surface area contributed by atoms with Crippen LogP contribution in [0.5, 0.6) is 0 Å². The molecule has 0 spiro atoms. The Bertz CT molecular complexity index is 908. The van der Waals surface area contributed by atoms with Crippen LogP contribution in [0.2, 0.25) is 0 Å². The fraction of sp³-hybridized carbons (Fsp3) is 0.440. The Balaban J connectivity index is 1.68. The number of carbonyl (C=O) groups excluding carboxylic acids is 2. The molecule has 1 aliphatic rings. The summed E-state index contributed by atoms with van der Waals surface area (Å²) in [5.41, 5.74) is 6.03. The lowest BCUT2D eigenvalue weighted by Crippen LogP contribution is -2.41. The van der Waals surface area contributed by atoms with Crippen molar-refractivity contribution < 1.29 is 9.59 Å². The summed E-state index contributed by atoms with van der Waals surface area (Å²) in [6, 6.07) is 12.5. The van der Waals surface area contributed by atoms with Gasteiger partial charge in [0.2, 0.25) is 0 Å². The van der Waals surface area contributed by atoms with E-state index in [1.165, 1.54) is 0 Å². The minimum absolute atomic E-state index is 0.0540. The first kappa shape index (κ1) is 22.8. The number of hydrogen-bond acceptors (Lipinski definition) is 4. The van der Waals surface area contributed by atoms with Gasteiger partial charge in [0.15, 0.2) is 0 Å². The molecule has 2 aromatic carbocycles. The second kappa shape index (κ2) is 9.96. The van der Waals surface area contributed by atoms with E-state index < -0.39 is 11.8 Å². The Hall–Kier alpha value is -2.86. The highest BCUT2D eigenvalue weighted by atomic mass is 16.2. The van der Waals surface area contributed by atoms with Crippen LogP contribution in [0.3, 0.4) is 0 Å². The maximum Gasteiger partial charge on any atom is 0.313 e. The maximum atomic E-state index is 12.6. The van der Waals surface area contributed by atoms with Gasteiger partial charge in [-0.25, -0.2) is 0 Å². The van der Waals surface area contributed by atoms with Crippen LogP contribution in [-0.2, 0) is 9.59 Å². The van der Waals surface area contributed by atoms with Gasteiger partial charge in [-0.3, -0.25) is 14.5 Å². The zero-order chi connectivity index (χ0) is 22.5. The highest BCUT2D eigenvalue weighted by Crippen LogP contribution is 2.26. The summed E-state index contributed by atoms with van der Waals surface area (Å²) >= 11 is 0. The number of carbonyl (C=O) groups is 2. The average molecular weight is 423 g/mol. The standard InChI is InChI=1S/C25H34N4O2/c1-17-14-18(2)23(19(3)15-17)27-25(31)24(30)26-16-22(29-12-6-7-13-29)20-8-10-21(11-9-20)28(4)5/h8-11,14-15,22H,6-7,12-13,16H2,1-5H3,(H,26,30)(H,27,31). The van der Waals surface area contributed by atoms with Crippen LogP contribution in [0.4, 0.5) is 11.4 Å². The lowest BCUT2D eigenvalue weighted by Gasteiger charge is -2.28. The van der Waals surface area contributed by atoms with Crippen molar-refractivity contribution in [1.82, 2.24) is 10.2 Å². The van der Waals surface area contributed by atoms with Gasteiger partial charge >= 0.3 is 11.8 Å². The SMILES string of the molecule is Cc1cc(C)c(NC(=O)C(=O)NCC(c2ccc(N(C)C)cc2)N2CCCC2)c(C)c1. The molecule has 2 N–H and O–H groups in total. The number of likely N-dealkylation sites (tertiary alicyclic amines) is 1. The van der Waals surface area contributed by atoms with E-state index >= 15 is 0 Å². The van der Waals surface area contributed by atoms with E-state index in [1.807, 2.05) is 47.0 Å². The predicted octanol–water partition coefficient (Wildman–Crippen LogP) is 3.57. The van der Waals surface area contributed by atoms with Crippen LogP contribution in [0.25, 0.3) is 0 Å². The second-order valence-electron chi connectivity index (χ2n) is 8.68. The third-order valence-corrected chi connectivity index (χ3v) is 5.95. The lowest BCUT2D eigenvalue weighted by molar-refractivity contribution is -0.136. The normalized spacial score (nSPS) is 14.9. The van der Waals surface area contributed by atoms with Crippen molar-refractivity contribution in [3.63, 3.8) is 0 Å². The van der Waals surface area contributed by atoms with Crippen LogP contribution < -0.4 is 15.5 Å². The maximum absolute atomic E-state index is 12.6. The van der Waals surface area contributed by atoms with Crippen molar-refractivity contribution >= 4 is 23.2 Å². The molecule has 31 heavy (non-hydrogen) atoms. The van der Waals surface area contributed by atoms with E-state index in [1.54, 1.807) is 0 Å². The summed E-state index contributed by atoms with van der Waals surface area (Å²) in [5.74, 6) is -1.23. The highest BCUT2D eigenvalue weighted by molar-refractivity contribution is 6.39. The molecule has 2 aromatic rings. The van der Waals surface area contributed by atoms with E-state index in [-0.39, 0.29) is 6.04 Å². The Morgan fingerprint density at radius 2 is 1.55 bits per heavy atom. The molecule has 1 saturated heterocycles. The fourth-order valence-electron chi connectivity index (χ4n) is 4.32.